The number of allylic oxidation sites excluding steroid dienone is 20. The lowest BCUT2D eigenvalue weighted by Crippen LogP contribution is -1.93. The van der Waals surface area contributed by atoms with Gasteiger partial charge in [0.2, 0.25) is 0 Å². The predicted molar refractivity (Wildman–Crippen MR) is 295 cm³/mol. The highest BCUT2D eigenvalue weighted by atomic mass is 14.1. The molecule has 340 valence electrons. The van der Waals surface area contributed by atoms with E-state index in [0.29, 0.717) is 11.8 Å². The summed E-state index contributed by atoms with van der Waals surface area (Å²) in [5, 5.41) is 0. The number of hydrogen-bond donors (Lipinski definition) is 0. The van der Waals surface area contributed by atoms with Gasteiger partial charge in [-0.15, -0.1) is 5.92 Å². The molecule has 3 aliphatic carbocycles. The molecule has 2 unspecified atom stereocenters. The van der Waals surface area contributed by atoms with Crippen LogP contribution in [0.5, 0.6) is 0 Å². The number of aryl methyl sites for hydroxylation is 1. The Hall–Kier alpha value is -6.42. The van der Waals surface area contributed by atoms with E-state index in [1.807, 2.05) is 51.1 Å². The maximum atomic E-state index is 3.98. The zero-order valence-corrected chi connectivity index (χ0v) is 39.1. The second-order valence-electron chi connectivity index (χ2n) is 15.5. The average molecular weight is 861 g/mol. The Balaban J connectivity index is 0.000000443. The summed E-state index contributed by atoms with van der Waals surface area (Å²) in [4.78, 5) is 0. The lowest BCUT2D eigenvalue weighted by atomic mass is 9.94. The number of benzene rings is 4. The van der Waals surface area contributed by atoms with Crippen LogP contribution in [0.3, 0.4) is 0 Å². The molecule has 0 heteroatoms. The Morgan fingerprint density at radius 1 is 0.754 bits per heavy atom. The summed E-state index contributed by atoms with van der Waals surface area (Å²) in [6.45, 7) is 19.9. The SMILES string of the molecule is C.C.C=C/C(=C\CC1C=CC(C)=C1)c1ccc(-c2ccccc2)cc1.C=C/C=C(C)\C=C/Cc1ccccc1.CC.CC#CCC1=CC=CCC1.Cc1ccc(C2C=CC=CCC2)cc1. The standard InChI is InChI=1S/C23H22.2C14H16.C10H12.C2H6.2CH4/c1-3-20(12-11-19-10-9-18(2)17-19)22-13-15-23(16-14-22)21-7-5-4-6-8-21;1-12-8-10-14(11-9-12)13-6-4-2-3-5-7-13;1-3-8-13(2)9-7-12-14-10-5-4-6-11-14;1-2-3-7-10-8-5-4-6-9-10;1-2;;/h3-10,12-17,19H,1,11H2,2H3;2-4,6,8-11,13H,5,7H2,1H3;3-11H,1,12H2,2H3;4-5,8H,6-7,9H2,1H3;1-2H3;2*1H4/b20-12+;;9-7-,13-8-;;;;. The largest absolute Gasteiger partial charge is 0.106 e. The predicted octanol–water partition coefficient (Wildman–Crippen LogP) is 19.3. The van der Waals surface area contributed by atoms with Gasteiger partial charge in [0.25, 0.3) is 0 Å². The third-order valence-corrected chi connectivity index (χ3v) is 10.5. The molecule has 0 N–H and O–H groups in total. The highest BCUT2D eigenvalue weighted by molar-refractivity contribution is 5.75. The van der Waals surface area contributed by atoms with Crippen LogP contribution >= 0.6 is 0 Å². The van der Waals surface area contributed by atoms with Crippen LogP contribution in [-0.4, -0.2) is 0 Å². The van der Waals surface area contributed by atoms with Crippen molar-refractivity contribution in [3.8, 4) is 23.0 Å². The zero-order chi connectivity index (χ0) is 45.3. The summed E-state index contributed by atoms with van der Waals surface area (Å²) < 4.78 is 0. The molecule has 7 rings (SSSR count). The first-order valence-electron chi connectivity index (χ1n) is 22.9. The van der Waals surface area contributed by atoms with Crippen molar-refractivity contribution in [1.29, 1.82) is 0 Å². The quantitative estimate of drug-likeness (QED) is 0.104. The van der Waals surface area contributed by atoms with Crippen LogP contribution in [0.4, 0.5) is 0 Å². The molecule has 2 atom stereocenters. The van der Waals surface area contributed by atoms with E-state index in [1.165, 1.54) is 81.4 Å². The van der Waals surface area contributed by atoms with Gasteiger partial charge < -0.3 is 0 Å². The van der Waals surface area contributed by atoms with Crippen LogP contribution in [0.25, 0.3) is 16.7 Å². The highest BCUT2D eigenvalue weighted by Crippen LogP contribution is 2.27. The molecule has 0 nitrogen and oxygen atoms in total. The van der Waals surface area contributed by atoms with Crippen molar-refractivity contribution in [1.82, 2.24) is 0 Å². The van der Waals surface area contributed by atoms with Crippen LogP contribution in [0.2, 0.25) is 0 Å². The molecule has 0 aromatic heterocycles. The van der Waals surface area contributed by atoms with Crippen molar-refractivity contribution in [2.24, 2.45) is 5.92 Å². The lowest BCUT2D eigenvalue weighted by Gasteiger charge is -2.11. The number of rotatable bonds is 11. The van der Waals surface area contributed by atoms with Crippen LogP contribution < -0.4 is 0 Å². The molecule has 4 aromatic rings. The summed E-state index contributed by atoms with van der Waals surface area (Å²) in [6, 6.07) is 38.5. The van der Waals surface area contributed by atoms with E-state index in [1.54, 1.807) is 0 Å². The maximum absolute atomic E-state index is 3.98. The molecule has 65 heavy (non-hydrogen) atoms. The van der Waals surface area contributed by atoms with E-state index in [9.17, 15) is 0 Å². The smallest absolute Gasteiger partial charge is 0.0302 e. The monoisotopic (exact) mass is 861 g/mol. The van der Waals surface area contributed by atoms with Gasteiger partial charge in [0, 0.05) is 12.3 Å². The summed E-state index contributed by atoms with van der Waals surface area (Å²) in [5.41, 5.74) is 13.1. The van der Waals surface area contributed by atoms with E-state index in [4.69, 9.17) is 0 Å². The van der Waals surface area contributed by atoms with Gasteiger partial charge in [-0.25, -0.2) is 0 Å². The zero-order valence-electron chi connectivity index (χ0n) is 39.1. The Morgan fingerprint density at radius 2 is 1.42 bits per heavy atom. The van der Waals surface area contributed by atoms with Gasteiger partial charge >= 0.3 is 0 Å². The topological polar surface area (TPSA) is 0 Å². The second kappa shape index (κ2) is 35.0. The molecule has 0 spiro atoms. The third kappa shape index (κ3) is 23.2. The van der Waals surface area contributed by atoms with Gasteiger partial charge in [-0.05, 0) is 106 Å². The first-order valence-corrected chi connectivity index (χ1v) is 22.9. The molecule has 0 saturated carbocycles. The van der Waals surface area contributed by atoms with Gasteiger partial charge in [0.1, 0.15) is 0 Å². The summed E-state index contributed by atoms with van der Waals surface area (Å²) in [7, 11) is 0. The fraction of sp³-hybridized carbons (Fsp3) is 0.262. The van der Waals surface area contributed by atoms with E-state index in [0.717, 1.165) is 19.3 Å². The molecule has 0 bridgehead atoms. The summed E-state index contributed by atoms with van der Waals surface area (Å²) in [6.07, 6.45) is 42.2. The molecule has 0 aliphatic heterocycles. The fourth-order valence-electron chi connectivity index (χ4n) is 7.01. The van der Waals surface area contributed by atoms with Gasteiger partial charge in [0.05, 0.1) is 0 Å². The Labute approximate surface area is 398 Å². The van der Waals surface area contributed by atoms with E-state index in [2.05, 4.69) is 222 Å². The highest BCUT2D eigenvalue weighted by Gasteiger charge is 2.08. The summed E-state index contributed by atoms with van der Waals surface area (Å²) in [5.74, 6) is 7.09. The van der Waals surface area contributed by atoms with Crippen molar-refractivity contribution < 1.29 is 0 Å². The van der Waals surface area contributed by atoms with E-state index >= 15 is 0 Å². The summed E-state index contributed by atoms with van der Waals surface area (Å²) >= 11 is 0. The van der Waals surface area contributed by atoms with Crippen LogP contribution in [-0.2, 0) is 6.42 Å². The van der Waals surface area contributed by atoms with Crippen molar-refractivity contribution in [3.63, 3.8) is 0 Å². The minimum Gasteiger partial charge on any atom is -0.106 e. The van der Waals surface area contributed by atoms with Crippen molar-refractivity contribution in [2.75, 3.05) is 0 Å². The molecule has 0 amide bonds. The Kier molecular flexibility index (Phi) is 30.5. The molecule has 0 saturated heterocycles. The molecule has 0 fully saturated rings. The van der Waals surface area contributed by atoms with E-state index in [-0.39, 0.29) is 14.9 Å². The van der Waals surface area contributed by atoms with Crippen molar-refractivity contribution >= 4 is 5.57 Å². The van der Waals surface area contributed by atoms with Gasteiger partial charge in [-0.3, -0.25) is 0 Å². The Morgan fingerprint density at radius 3 is 2.02 bits per heavy atom. The molecule has 3 aliphatic rings. The van der Waals surface area contributed by atoms with Crippen molar-refractivity contribution in [3.05, 3.63) is 259 Å². The fourth-order valence-corrected chi connectivity index (χ4v) is 7.01. The molecule has 0 heterocycles. The first kappa shape index (κ1) is 56.6. The lowest BCUT2D eigenvalue weighted by molar-refractivity contribution is 0.756. The van der Waals surface area contributed by atoms with Gasteiger partial charge in [0.15, 0.2) is 0 Å². The van der Waals surface area contributed by atoms with Crippen LogP contribution in [0.1, 0.15) is 116 Å². The first-order chi connectivity index (χ1) is 30.9. The van der Waals surface area contributed by atoms with Gasteiger partial charge in [-0.2, -0.15) is 0 Å². The Bertz CT molecular complexity index is 2260. The minimum atomic E-state index is 0. The third-order valence-electron chi connectivity index (χ3n) is 10.5. The molecule has 0 radical (unpaired) electrons. The second-order valence-corrected chi connectivity index (χ2v) is 15.5. The maximum Gasteiger partial charge on any atom is 0.0302 e. The number of hydrogen-bond acceptors (Lipinski definition) is 0. The van der Waals surface area contributed by atoms with Gasteiger partial charge in [-0.1, -0.05) is 276 Å². The normalized spacial score (nSPS) is 15.6. The molecule has 4 aromatic carbocycles. The molecular weight excluding hydrogens is 781 g/mol. The average Bonchev–Trinajstić information content (AvgIpc) is 3.56. The van der Waals surface area contributed by atoms with Crippen molar-refractivity contribution in [2.45, 2.75) is 107 Å². The molecular formula is C65H80. The van der Waals surface area contributed by atoms with Crippen LogP contribution in [0, 0.1) is 24.7 Å². The van der Waals surface area contributed by atoms with Crippen LogP contribution in [0.15, 0.2) is 236 Å². The minimum absolute atomic E-state index is 0. The van der Waals surface area contributed by atoms with E-state index < -0.39 is 0 Å².